The molecule has 2 aliphatic heterocycles. The number of thiazole rings is 1. The van der Waals surface area contributed by atoms with Gasteiger partial charge in [-0.2, -0.15) is 0 Å². The van der Waals surface area contributed by atoms with Gasteiger partial charge in [0.1, 0.15) is 0 Å². The van der Waals surface area contributed by atoms with Crippen molar-refractivity contribution in [3.05, 3.63) is 16.1 Å². The molecule has 6 heteroatoms. The highest BCUT2D eigenvalue weighted by Crippen LogP contribution is 2.50. The first kappa shape index (κ1) is 16.5. The lowest BCUT2D eigenvalue weighted by molar-refractivity contribution is -0.143. The van der Waals surface area contributed by atoms with Crippen LogP contribution in [-0.4, -0.2) is 60.1 Å². The fourth-order valence-electron chi connectivity index (χ4n) is 4.82. The molecule has 3 fully saturated rings. The van der Waals surface area contributed by atoms with E-state index in [0.29, 0.717) is 19.1 Å². The number of carbonyl (C=O) groups excluding carboxylic acids is 1. The molecule has 3 aliphatic rings. The van der Waals surface area contributed by atoms with Crippen molar-refractivity contribution in [3.63, 3.8) is 0 Å². The van der Waals surface area contributed by atoms with Gasteiger partial charge in [-0.25, -0.2) is 4.98 Å². The second kappa shape index (κ2) is 6.73. The highest BCUT2D eigenvalue weighted by atomic mass is 32.1. The number of rotatable bonds is 3. The summed E-state index contributed by atoms with van der Waals surface area (Å²) in [6.45, 7) is 8.22. The fraction of sp³-hybridized carbons (Fsp3) is 0.778. The standard InChI is InChI=1S/C18H27N3O2S/c1-14-16(24-13-19-14)11-20-6-5-18(12-20)4-2-3-15(18)17(22)21-7-9-23-10-8-21/h13,15H,2-12H2,1H3/t15-,18+/m1/s1. The predicted octanol–water partition coefficient (Wildman–Crippen LogP) is 2.30. The lowest BCUT2D eigenvalue weighted by Gasteiger charge is -2.36. The maximum absolute atomic E-state index is 13.1. The first-order valence-electron chi connectivity index (χ1n) is 9.16. The average Bonchev–Trinajstić information content (AvgIpc) is 3.31. The van der Waals surface area contributed by atoms with Gasteiger partial charge < -0.3 is 9.64 Å². The molecular formula is C18H27N3O2S. The number of ether oxygens (including phenoxy) is 1. The molecule has 0 aromatic carbocycles. The third kappa shape index (κ3) is 3.00. The second-order valence-electron chi connectivity index (χ2n) is 7.57. The van der Waals surface area contributed by atoms with Crippen LogP contribution in [-0.2, 0) is 16.1 Å². The Balaban J connectivity index is 1.44. The van der Waals surface area contributed by atoms with Gasteiger partial charge in [-0.15, -0.1) is 11.3 Å². The van der Waals surface area contributed by atoms with Crippen molar-refractivity contribution in [2.24, 2.45) is 11.3 Å². The van der Waals surface area contributed by atoms with E-state index >= 15 is 0 Å². The Bertz CT molecular complexity index is 599. The van der Waals surface area contributed by atoms with E-state index in [4.69, 9.17) is 4.74 Å². The number of hydrogen-bond acceptors (Lipinski definition) is 5. The first-order valence-corrected chi connectivity index (χ1v) is 10.0. The molecule has 1 aromatic heterocycles. The molecule has 132 valence electrons. The molecule has 0 bridgehead atoms. The van der Waals surface area contributed by atoms with Crippen LogP contribution >= 0.6 is 11.3 Å². The minimum atomic E-state index is 0.216. The third-order valence-corrected chi connectivity index (χ3v) is 7.12. The number of carbonyl (C=O) groups is 1. The van der Waals surface area contributed by atoms with E-state index in [9.17, 15) is 4.79 Å². The number of likely N-dealkylation sites (tertiary alicyclic amines) is 1. The van der Waals surface area contributed by atoms with Gasteiger partial charge in [0.25, 0.3) is 0 Å². The second-order valence-corrected chi connectivity index (χ2v) is 8.51. The topological polar surface area (TPSA) is 45.7 Å². The maximum Gasteiger partial charge on any atom is 0.226 e. The minimum Gasteiger partial charge on any atom is -0.378 e. The number of aryl methyl sites for hydroxylation is 1. The molecule has 2 saturated heterocycles. The van der Waals surface area contributed by atoms with Crippen LogP contribution in [0.3, 0.4) is 0 Å². The normalized spacial score (nSPS) is 31.2. The van der Waals surface area contributed by atoms with Gasteiger partial charge in [-0.1, -0.05) is 6.42 Å². The quantitative estimate of drug-likeness (QED) is 0.840. The zero-order valence-corrected chi connectivity index (χ0v) is 15.3. The number of nitrogens with zero attached hydrogens (tertiary/aromatic N) is 3. The molecule has 4 rings (SSSR count). The Hall–Kier alpha value is -0.980. The monoisotopic (exact) mass is 349 g/mol. The van der Waals surface area contributed by atoms with Crippen LogP contribution in [0.4, 0.5) is 0 Å². The molecule has 1 spiro atoms. The van der Waals surface area contributed by atoms with Gasteiger partial charge in [0.05, 0.1) is 24.4 Å². The summed E-state index contributed by atoms with van der Waals surface area (Å²) >= 11 is 1.76. The van der Waals surface area contributed by atoms with Gasteiger partial charge in [0.2, 0.25) is 5.91 Å². The van der Waals surface area contributed by atoms with E-state index < -0.39 is 0 Å². The molecule has 2 atom stereocenters. The van der Waals surface area contributed by atoms with Crippen LogP contribution in [0.1, 0.15) is 36.3 Å². The van der Waals surface area contributed by atoms with Crippen molar-refractivity contribution in [1.29, 1.82) is 0 Å². The van der Waals surface area contributed by atoms with Gasteiger partial charge in [0.15, 0.2) is 0 Å². The Labute approximate surface area is 148 Å². The summed E-state index contributed by atoms with van der Waals surface area (Å²) < 4.78 is 5.41. The highest BCUT2D eigenvalue weighted by Gasteiger charge is 2.51. The van der Waals surface area contributed by atoms with Crippen molar-refractivity contribution >= 4 is 17.2 Å². The molecule has 1 amide bonds. The highest BCUT2D eigenvalue weighted by molar-refractivity contribution is 7.09. The summed E-state index contributed by atoms with van der Waals surface area (Å²) in [5.74, 6) is 0.620. The average molecular weight is 350 g/mol. The molecule has 1 aromatic rings. The number of amides is 1. The first-order chi connectivity index (χ1) is 11.7. The number of aromatic nitrogens is 1. The fourth-order valence-corrected chi connectivity index (χ4v) is 5.64. The lowest BCUT2D eigenvalue weighted by Crippen LogP contribution is -2.47. The molecule has 1 saturated carbocycles. The summed E-state index contributed by atoms with van der Waals surface area (Å²) in [5, 5.41) is 0. The van der Waals surface area contributed by atoms with E-state index in [1.54, 1.807) is 11.3 Å². The molecule has 0 radical (unpaired) electrons. The van der Waals surface area contributed by atoms with Crippen LogP contribution in [0.2, 0.25) is 0 Å². The zero-order valence-electron chi connectivity index (χ0n) is 14.5. The van der Waals surface area contributed by atoms with E-state index in [2.05, 4.69) is 21.7 Å². The minimum absolute atomic E-state index is 0.216. The molecule has 0 unspecified atom stereocenters. The van der Waals surface area contributed by atoms with Crippen molar-refractivity contribution in [2.75, 3.05) is 39.4 Å². The van der Waals surface area contributed by atoms with Crippen LogP contribution < -0.4 is 0 Å². The molecule has 3 heterocycles. The molecule has 1 aliphatic carbocycles. The predicted molar refractivity (Wildman–Crippen MR) is 93.9 cm³/mol. The zero-order chi connectivity index (χ0) is 16.6. The summed E-state index contributed by atoms with van der Waals surface area (Å²) in [6, 6.07) is 0. The Kier molecular flexibility index (Phi) is 4.62. The smallest absolute Gasteiger partial charge is 0.226 e. The number of morpholine rings is 1. The van der Waals surface area contributed by atoms with E-state index in [1.165, 1.54) is 24.1 Å². The van der Waals surface area contributed by atoms with E-state index in [-0.39, 0.29) is 11.3 Å². The lowest BCUT2D eigenvalue weighted by atomic mass is 9.76. The van der Waals surface area contributed by atoms with Crippen LogP contribution in [0.15, 0.2) is 5.51 Å². The van der Waals surface area contributed by atoms with Crippen LogP contribution in [0.25, 0.3) is 0 Å². The molecular weight excluding hydrogens is 322 g/mol. The van der Waals surface area contributed by atoms with Gasteiger partial charge in [0, 0.05) is 37.0 Å². The molecule has 24 heavy (non-hydrogen) atoms. The van der Waals surface area contributed by atoms with Gasteiger partial charge in [-0.3, -0.25) is 9.69 Å². The number of hydrogen-bond donors (Lipinski definition) is 0. The van der Waals surface area contributed by atoms with Crippen molar-refractivity contribution in [2.45, 2.75) is 39.2 Å². The summed E-state index contributed by atoms with van der Waals surface area (Å²) in [5.41, 5.74) is 3.32. The Morgan fingerprint density at radius 2 is 2.21 bits per heavy atom. The van der Waals surface area contributed by atoms with E-state index in [1.807, 2.05) is 5.51 Å². The largest absolute Gasteiger partial charge is 0.378 e. The van der Waals surface area contributed by atoms with Crippen LogP contribution in [0.5, 0.6) is 0 Å². The molecule has 5 nitrogen and oxygen atoms in total. The van der Waals surface area contributed by atoms with Crippen molar-refractivity contribution in [1.82, 2.24) is 14.8 Å². The van der Waals surface area contributed by atoms with E-state index in [0.717, 1.165) is 44.8 Å². The summed E-state index contributed by atoms with van der Waals surface area (Å²) in [4.78, 5) is 23.4. The Morgan fingerprint density at radius 1 is 1.38 bits per heavy atom. The van der Waals surface area contributed by atoms with Crippen molar-refractivity contribution in [3.8, 4) is 0 Å². The maximum atomic E-state index is 13.1. The molecule has 0 N–H and O–H groups in total. The van der Waals surface area contributed by atoms with Gasteiger partial charge in [-0.05, 0) is 38.1 Å². The summed E-state index contributed by atoms with van der Waals surface area (Å²) in [7, 11) is 0. The summed E-state index contributed by atoms with van der Waals surface area (Å²) in [6.07, 6.45) is 4.66. The third-order valence-electron chi connectivity index (χ3n) is 6.20. The Morgan fingerprint density at radius 3 is 2.96 bits per heavy atom. The van der Waals surface area contributed by atoms with Gasteiger partial charge >= 0.3 is 0 Å². The van der Waals surface area contributed by atoms with Crippen LogP contribution in [0, 0.1) is 18.3 Å². The van der Waals surface area contributed by atoms with Crippen molar-refractivity contribution < 1.29 is 9.53 Å². The SMILES string of the molecule is Cc1ncsc1CN1CC[C@@]2(CCC[C@@H]2C(=O)N2CCOCC2)C1.